The number of aliphatic hydroxyl groups excluding tert-OH is 1. The van der Waals surface area contributed by atoms with E-state index in [1.165, 1.54) is 6.07 Å². The highest BCUT2D eigenvalue weighted by Gasteiger charge is 2.37. The molecule has 1 saturated heterocycles. The van der Waals surface area contributed by atoms with E-state index in [-0.39, 0.29) is 29.1 Å². The number of amides is 2. The van der Waals surface area contributed by atoms with Gasteiger partial charge in [0.2, 0.25) is 5.95 Å². The molecule has 11 nitrogen and oxygen atoms in total. The second kappa shape index (κ2) is 12.4. The number of hydrogen-bond acceptors (Lipinski definition) is 9. The first-order valence-electron chi connectivity index (χ1n) is 12.6. The van der Waals surface area contributed by atoms with Crippen LogP contribution >= 0.6 is 0 Å². The van der Waals surface area contributed by atoms with Gasteiger partial charge in [0.25, 0.3) is 0 Å². The predicted octanol–water partition coefficient (Wildman–Crippen LogP) is 3.27. The number of urea groups is 1. The van der Waals surface area contributed by atoms with Gasteiger partial charge < -0.3 is 25.4 Å². The molecule has 0 bridgehead atoms. The van der Waals surface area contributed by atoms with Crippen LogP contribution in [0.15, 0.2) is 53.4 Å². The van der Waals surface area contributed by atoms with E-state index in [1.807, 2.05) is 11.8 Å². The van der Waals surface area contributed by atoms with Crippen LogP contribution in [-0.4, -0.2) is 85.4 Å². The fourth-order valence-electron chi connectivity index (χ4n) is 4.11. The Kier molecular flexibility index (Phi) is 9.09. The van der Waals surface area contributed by atoms with Gasteiger partial charge in [-0.05, 0) is 49.7 Å². The second-order valence-electron chi connectivity index (χ2n) is 9.47. The lowest BCUT2D eigenvalue weighted by molar-refractivity contribution is -0.204. The van der Waals surface area contributed by atoms with Gasteiger partial charge >= 0.3 is 12.2 Å². The molecule has 4 rings (SSSR count). The topological polar surface area (TPSA) is 147 Å². The molecule has 2 atom stereocenters. The van der Waals surface area contributed by atoms with Gasteiger partial charge in [0.1, 0.15) is 0 Å². The zero-order chi connectivity index (χ0) is 29.8. The third-order valence-corrected chi connectivity index (χ3v) is 7.41. The van der Waals surface area contributed by atoms with Crippen molar-refractivity contribution in [2.45, 2.75) is 36.6 Å². The molecule has 1 aliphatic heterocycles. The fraction of sp³-hybridized carbons (Fsp3) is 0.385. The summed E-state index contributed by atoms with van der Waals surface area (Å²) in [6, 6.07) is 12.0. The van der Waals surface area contributed by atoms with Crippen LogP contribution in [0.4, 0.5) is 29.6 Å². The number of benzene rings is 2. The lowest BCUT2D eigenvalue weighted by Crippen LogP contribution is -2.44. The van der Waals surface area contributed by atoms with Gasteiger partial charge in [0, 0.05) is 36.2 Å². The number of sulfone groups is 1. The van der Waals surface area contributed by atoms with Crippen LogP contribution in [-0.2, 0) is 14.6 Å². The minimum Gasteiger partial charge on any atom is -0.384 e. The molecule has 0 radical (unpaired) electrons. The summed E-state index contributed by atoms with van der Waals surface area (Å²) in [4.78, 5) is 28.0. The number of morpholine rings is 1. The smallest absolute Gasteiger partial charge is 0.384 e. The predicted molar refractivity (Wildman–Crippen MR) is 145 cm³/mol. The van der Waals surface area contributed by atoms with Gasteiger partial charge in [-0.3, -0.25) is 0 Å². The van der Waals surface area contributed by atoms with Gasteiger partial charge in [-0.2, -0.15) is 23.1 Å². The molecule has 3 aromatic rings. The van der Waals surface area contributed by atoms with Crippen LogP contribution in [0.25, 0.3) is 22.8 Å². The fourth-order valence-corrected chi connectivity index (χ4v) is 4.99. The molecule has 2 heterocycles. The number of ether oxygens (including phenoxy) is 1. The first-order valence-corrected chi connectivity index (χ1v) is 14.5. The number of aliphatic hydroxyl groups is 1. The summed E-state index contributed by atoms with van der Waals surface area (Å²) in [5.41, 5.74) is 1.22. The first-order chi connectivity index (χ1) is 19.3. The Balaban J connectivity index is 1.60. The van der Waals surface area contributed by atoms with Crippen molar-refractivity contribution >= 4 is 27.5 Å². The molecule has 2 amide bonds. The molecule has 15 heteroatoms. The number of rotatable bonds is 8. The molecule has 220 valence electrons. The summed E-state index contributed by atoms with van der Waals surface area (Å²) in [6.07, 6.45) is -6.85. The summed E-state index contributed by atoms with van der Waals surface area (Å²) in [5, 5.41) is 13.8. The Labute approximate surface area is 234 Å². The summed E-state index contributed by atoms with van der Waals surface area (Å²) in [6.45, 7) is 3.04. The molecule has 1 aliphatic rings. The Morgan fingerprint density at radius 2 is 1.80 bits per heavy atom. The SMILES string of the molecule is CC1COCCN1c1nc(-c2ccc(NC(=O)NCCC(O)C(F)(F)F)cc2)nc(-c2ccccc2S(C)(=O)=O)n1. The number of nitrogens with one attached hydrogen (secondary N) is 2. The number of aromatic nitrogens is 3. The van der Waals surface area contributed by atoms with Crippen molar-refractivity contribution in [1.29, 1.82) is 0 Å². The monoisotopic (exact) mass is 594 g/mol. The maximum Gasteiger partial charge on any atom is 0.414 e. The molecule has 0 spiro atoms. The molecule has 0 aliphatic carbocycles. The van der Waals surface area contributed by atoms with Crippen LogP contribution in [0.5, 0.6) is 0 Å². The van der Waals surface area contributed by atoms with Crippen molar-refractivity contribution in [2.75, 3.05) is 42.8 Å². The van der Waals surface area contributed by atoms with E-state index in [0.29, 0.717) is 42.5 Å². The Hall–Kier alpha value is -3.82. The number of alkyl halides is 3. The third kappa shape index (κ3) is 7.68. The van der Waals surface area contributed by atoms with Gasteiger partial charge in [-0.25, -0.2) is 18.2 Å². The largest absolute Gasteiger partial charge is 0.414 e. The number of anilines is 2. The summed E-state index contributed by atoms with van der Waals surface area (Å²) < 4.78 is 67.7. The van der Waals surface area contributed by atoms with E-state index in [4.69, 9.17) is 9.84 Å². The van der Waals surface area contributed by atoms with E-state index < -0.39 is 34.6 Å². The molecule has 1 aromatic heterocycles. The maximum absolute atomic E-state index is 12.5. The van der Waals surface area contributed by atoms with Crippen LogP contribution in [0, 0.1) is 0 Å². The van der Waals surface area contributed by atoms with E-state index in [2.05, 4.69) is 25.6 Å². The number of halogens is 3. The van der Waals surface area contributed by atoms with Crippen LogP contribution in [0.2, 0.25) is 0 Å². The van der Waals surface area contributed by atoms with E-state index >= 15 is 0 Å². The molecule has 2 aromatic carbocycles. The van der Waals surface area contributed by atoms with Gasteiger partial charge in [-0.15, -0.1) is 0 Å². The van der Waals surface area contributed by atoms with Crippen molar-refractivity contribution in [2.24, 2.45) is 0 Å². The number of carbonyl (C=O) groups excluding carboxylic acids is 1. The summed E-state index contributed by atoms with van der Waals surface area (Å²) >= 11 is 0. The quantitative estimate of drug-likeness (QED) is 0.358. The van der Waals surface area contributed by atoms with Crippen LogP contribution in [0.3, 0.4) is 0 Å². The molecular weight excluding hydrogens is 565 g/mol. The van der Waals surface area contributed by atoms with E-state index in [1.54, 1.807) is 42.5 Å². The average Bonchev–Trinajstić information content (AvgIpc) is 2.92. The van der Waals surface area contributed by atoms with Crippen LogP contribution in [0.1, 0.15) is 13.3 Å². The van der Waals surface area contributed by atoms with E-state index in [0.717, 1.165) is 6.26 Å². The molecule has 3 N–H and O–H groups in total. The highest BCUT2D eigenvalue weighted by Crippen LogP contribution is 2.29. The second-order valence-corrected chi connectivity index (χ2v) is 11.5. The van der Waals surface area contributed by atoms with Crippen molar-refractivity contribution < 1.29 is 36.2 Å². The van der Waals surface area contributed by atoms with Gasteiger partial charge in [0.15, 0.2) is 27.6 Å². The normalized spacial score (nSPS) is 16.7. The van der Waals surface area contributed by atoms with Crippen molar-refractivity contribution in [3.8, 4) is 22.8 Å². The minimum atomic E-state index is -4.75. The number of nitrogens with zero attached hydrogens (tertiary/aromatic N) is 4. The Bertz CT molecular complexity index is 1490. The lowest BCUT2D eigenvalue weighted by atomic mass is 10.1. The molecule has 1 fully saturated rings. The minimum absolute atomic E-state index is 0.0423. The first kappa shape index (κ1) is 30.1. The molecule has 0 saturated carbocycles. The maximum atomic E-state index is 12.5. The van der Waals surface area contributed by atoms with Crippen molar-refractivity contribution in [1.82, 2.24) is 20.3 Å². The summed E-state index contributed by atoms with van der Waals surface area (Å²) in [7, 11) is -3.59. The zero-order valence-corrected chi connectivity index (χ0v) is 23.0. The summed E-state index contributed by atoms with van der Waals surface area (Å²) in [5.74, 6) is 0.795. The molecule has 41 heavy (non-hydrogen) atoms. The Morgan fingerprint density at radius 1 is 1.12 bits per heavy atom. The highest BCUT2D eigenvalue weighted by atomic mass is 32.2. The lowest BCUT2D eigenvalue weighted by Gasteiger charge is -2.33. The van der Waals surface area contributed by atoms with E-state index in [9.17, 15) is 26.4 Å². The van der Waals surface area contributed by atoms with Gasteiger partial charge in [0.05, 0.1) is 24.2 Å². The Morgan fingerprint density at radius 3 is 2.46 bits per heavy atom. The third-order valence-electron chi connectivity index (χ3n) is 6.26. The highest BCUT2D eigenvalue weighted by molar-refractivity contribution is 7.90. The zero-order valence-electron chi connectivity index (χ0n) is 22.2. The van der Waals surface area contributed by atoms with Crippen molar-refractivity contribution in [3.05, 3.63) is 48.5 Å². The standard InChI is InChI=1S/C26H29F3N6O5S/c1-16-15-40-14-13-35(16)24-33-22(32-23(34-24)19-5-3-4-6-20(19)41(2,38)39)17-7-9-18(10-8-17)31-25(37)30-12-11-21(36)26(27,28)29/h3-10,16,21,36H,11-15H2,1-2H3,(H2,30,31,37). The average molecular weight is 595 g/mol. The molecule has 2 unspecified atom stereocenters. The number of carbonyl (C=O) groups is 1. The van der Waals surface area contributed by atoms with Gasteiger partial charge in [-0.1, -0.05) is 12.1 Å². The number of hydrogen-bond donors (Lipinski definition) is 3. The molecular formula is C26H29F3N6O5S. The van der Waals surface area contributed by atoms with Crippen LogP contribution < -0.4 is 15.5 Å². The van der Waals surface area contributed by atoms with Crippen molar-refractivity contribution in [3.63, 3.8) is 0 Å².